The number of nitrogens with two attached hydrogens (primary N) is 1. The lowest BCUT2D eigenvalue weighted by Gasteiger charge is -2.12. The minimum Gasteiger partial charge on any atom is -0.491 e. The van der Waals surface area contributed by atoms with Crippen LogP contribution >= 0.6 is 0 Å². The number of nitrogens with zero attached hydrogens (tertiary/aromatic N) is 3. The molecule has 0 fully saturated rings. The van der Waals surface area contributed by atoms with Crippen molar-refractivity contribution in [3.63, 3.8) is 0 Å². The first kappa shape index (κ1) is 12.5. The van der Waals surface area contributed by atoms with Gasteiger partial charge in [0.25, 0.3) is 0 Å². The van der Waals surface area contributed by atoms with Crippen molar-refractivity contribution in [1.82, 2.24) is 14.8 Å². The third-order valence-corrected chi connectivity index (χ3v) is 2.44. The summed E-state index contributed by atoms with van der Waals surface area (Å²) in [5.41, 5.74) is 6.54. The Hall–Kier alpha value is -1.92. The highest BCUT2D eigenvalue weighted by molar-refractivity contribution is 5.28. The Labute approximate surface area is 105 Å². The minimum absolute atomic E-state index is 0.202. The van der Waals surface area contributed by atoms with E-state index >= 15 is 0 Å². The molecule has 0 spiro atoms. The summed E-state index contributed by atoms with van der Waals surface area (Å²) in [7, 11) is 0. The third kappa shape index (κ3) is 3.54. The summed E-state index contributed by atoms with van der Waals surface area (Å²) in [5, 5.41) is 13.7. The van der Waals surface area contributed by atoms with Gasteiger partial charge in [0.2, 0.25) is 0 Å². The highest BCUT2D eigenvalue weighted by Crippen LogP contribution is 2.13. The highest BCUT2D eigenvalue weighted by Gasteiger charge is 2.07. The van der Waals surface area contributed by atoms with Crippen molar-refractivity contribution in [3.8, 4) is 5.75 Å². The second-order valence-electron chi connectivity index (χ2n) is 3.93. The zero-order valence-electron chi connectivity index (χ0n) is 9.94. The molecule has 96 valence electrons. The van der Waals surface area contributed by atoms with Crippen LogP contribution in [0.25, 0.3) is 0 Å². The Morgan fingerprint density at radius 2 is 2.33 bits per heavy atom. The molecule has 0 aliphatic carbocycles. The van der Waals surface area contributed by atoms with E-state index in [1.807, 2.05) is 24.3 Å². The molecule has 0 radical (unpaired) electrons. The molecule has 1 heterocycles. The Morgan fingerprint density at radius 1 is 1.44 bits per heavy atom. The van der Waals surface area contributed by atoms with Crippen LogP contribution in [0.4, 0.5) is 0 Å². The molecule has 1 aromatic heterocycles. The van der Waals surface area contributed by atoms with E-state index in [4.69, 9.17) is 10.5 Å². The van der Waals surface area contributed by atoms with Gasteiger partial charge in [-0.3, -0.25) is 4.68 Å². The van der Waals surface area contributed by atoms with Gasteiger partial charge in [-0.1, -0.05) is 12.1 Å². The van der Waals surface area contributed by atoms with Crippen molar-refractivity contribution in [2.45, 2.75) is 19.2 Å². The van der Waals surface area contributed by atoms with Gasteiger partial charge in [-0.25, -0.2) is 4.98 Å². The number of aromatic nitrogens is 3. The molecule has 0 aliphatic rings. The summed E-state index contributed by atoms with van der Waals surface area (Å²) in [6, 6.07) is 7.50. The van der Waals surface area contributed by atoms with Crippen LogP contribution in [0.2, 0.25) is 0 Å². The minimum atomic E-state index is -0.631. The topological polar surface area (TPSA) is 86.2 Å². The second kappa shape index (κ2) is 6.13. The summed E-state index contributed by atoms with van der Waals surface area (Å²) in [4.78, 5) is 3.80. The maximum absolute atomic E-state index is 9.77. The molecular formula is C12H16N4O2. The molecular weight excluding hydrogens is 232 g/mol. The lowest BCUT2D eigenvalue weighted by molar-refractivity contribution is 0.0892. The van der Waals surface area contributed by atoms with Crippen LogP contribution in [0, 0.1) is 0 Å². The van der Waals surface area contributed by atoms with Crippen LogP contribution in [0.15, 0.2) is 36.9 Å². The zero-order valence-corrected chi connectivity index (χ0v) is 9.94. The van der Waals surface area contributed by atoms with Gasteiger partial charge >= 0.3 is 0 Å². The molecule has 6 nitrogen and oxygen atoms in total. The first-order valence-electron chi connectivity index (χ1n) is 5.70. The van der Waals surface area contributed by atoms with Crippen molar-refractivity contribution < 1.29 is 9.84 Å². The summed E-state index contributed by atoms with van der Waals surface area (Å²) in [6.07, 6.45) is 2.35. The summed E-state index contributed by atoms with van der Waals surface area (Å²) < 4.78 is 7.05. The Kier molecular flexibility index (Phi) is 4.27. The largest absolute Gasteiger partial charge is 0.491 e. The zero-order chi connectivity index (χ0) is 12.8. The standard InChI is InChI=1S/C12H16N4O2/c13-5-10-2-1-3-12(4-10)18-7-11(17)6-16-9-14-8-15-16/h1-4,8-9,11,17H,5-7,13H2. The fourth-order valence-electron chi connectivity index (χ4n) is 1.55. The average molecular weight is 248 g/mol. The molecule has 0 aliphatic heterocycles. The number of rotatable bonds is 6. The van der Waals surface area contributed by atoms with E-state index in [0.717, 1.165) is 5.56 Å². The highest BCUT2D eigenvalue weighted by atomic mass is 16.5. The summed E-state index contributed by atoms with van der Waals surface area (Å²) in [6.45, 7) is 1.03. The maximum atomic E-state index is 9.77. The number of hydrogen-bond acceptors (Lipinski definition) is 5. The molecule has 0 amide bonds. The van der Waals surface area contributed by atoms with Gasteiger partial charge in [0.05, 0.1) is 6.54 Å². The van der Waals surface area contributed by atoms with Crippen LogP contribution in [0.3, 0.4) is 0 Å². The van der Waals surface area contributed by atoms with Crippen LogP contribution in [0.5, 0.6) is 5.75 Å². The number of aliphatic hydroxyl groups excluding tert-OH is 1. The molecule has 0 saturated heterocycles. The molecule has 1 unspecified atom stereocenters. The van der Waals surface area contributed by atoms with Crippen LogP contribution < -0.4 is 10.5 Å². The average Bonchev–Trinajstić information content (AvgIpc) is 2.89. The van der Waals surface area contributed by atoms with Crippen LogP contribution in [-0.4, -0.2) is 32.6 Å². The SMILES string of the molecule is NCc1cccc(OCC(O)Cn2cncn2)c1. The van der Waals surface area contributed by atoms with Crippen LogP contribution in [0.1, 0.15) is 5.56 Å². The Bertz CT molecular complexity index is 473. The Balaban J connectivity index is 1.83. The van der Waals surface area contributed by atoms with E-state index in [-0.39, 0.29) is 6.61 Å². The second-order valence-corrected chi connectivity index (χ2v) is 3.93. The smallest absolute Gasteiger partial charge is 0.137 e. The third-order valence-electron chi connectivity index (χ3n) is 2.44. The summed E-state index contributed by atoms with van der Waals surface area (Å²) in [5.74, 6) is 0.704. The van der Waals surface area contributed by atoms with Crippen LogP contribution in [-0.2, 0) is 13.1 Å². The fraction of sp³-hybridized carbons (Fsp3) is 0.333. The molecule has 0 bridgehead atoms. The van der Waals surface area contributed by atoms with Crippen molar-refractivity contribution in [2.75, 3.05) is 6.61 Å². The van der Waals surface area contributed by atoms with Gasteiger partial charge in [0.1, 0.15) is 31.1 Å². The fourth-order valence-corrected chi connectivity index (χ4v) is 1.55. The number of aliphatic hydroxyl groups is 1. The molecule has 0 saturated carbocycles. The monoisotopic (exact) mass is 248 g/mol. The van der Waals surface area contributed by atoms with Gasteiger partial charge in [0, 0.05) is 6.54 Å². The predicted octanol–water partition coefficient (Wildman–Crippen LogP) is 0.177. The first-order valence-corrected chi connectivity index (χ1v) is 5.70. The first-order chi connectivity index (χ1) is 8.78. The molecule has 18 heavy (non-hydrogen) atoms. The van der Waals surface area contributed by atoms with E-state index in [1.165, 1.54) is 6.33 Å². The number of ether oxygens (including phenoxy) is 1. The number of hydrogen-bond donors (Lipinski definition) is 2. The maximum Gasteiger partial charge on any atom is 0.137 e. The number of benzene rings is 1. The van der Waals surface area contributed by atoms with Crippen molar-refractivity contribution in [1.29, 1.82) is 0 Å². The van der Waals surface area contributed by atoms with E-state index in [0.29, 0.717) is 18.8 Å². The van der Waals surface area contributed by atoms with Gasteiger partial charge in [-0.2, -0.15) is 5.10 Å². The van der Waals surface area contributed by atoms with E-state index in [1.54, 1.807) is 11.0 Å². The summed E-state index contributed by atoms with van der Waals surface area (Å²) >= 11 is 0. The van der Waals surface area contributed by atoms with Gasteiger partial charge < -0.3 is 15.6 Å². The van der Waals surface area contributed by atoms with E-state index in [2.05, 4.69) is 10.1 Å². The lowest BCUT2D eigenvalue weighted by atomic mass is 10.2. The van der Waals surface area contributed by atoms with Gasteiger partial charge in [0.15, 0.2) is 0 Å². The quantitative estimate of drug-likeness (QED) is 0.761. The molecule has 1 atom stereocenters. The van der Waals surface area contributed by atoms with Crippen molar-refractivity contribution in [2.24, 2.45) is 5.73 Å². The molecule has 6 heteroatoms. The molecule has 2 aromatic rings. The van der Waals surface area contributed by atoms with Gasteiger partial charge in [-0.15, -0.1) is 0 Å². The lowest BCUT2D eigenvalue weighted by Crippen LogP contribution is -2.23. The van der Waals surface area contributed by atoms with Crippen molar-refractivity contribution >= 4 is 0 Å². The molecule has 3 N–H and O–H groups in total. The molecule has 1 aromatic carbocycles. The molecule has 2 rings (SSSR count). The van der Waals surface area contributed by atoms with E-state index < -0.39 is 6.10 Å². The predicted molar refractivity (Wildman–Crippen MR) is 65.9 cm³/mol. The van der Waals surface area contributed by atoms with E-state index in [9.17, 15) is 5.11 Å². The van der Waals surface area contributed by atoms with Gasteiger partial charge in [-0.05, 0) is 17.7 Å². The van der Waals surface area contributed by atoms with Crippen molar-refractivity contribution in [3.05, 3.63) is 42.5 Å². The normalized spacial score (nSPS) is 12.3. The Morgan fingerprint density at radius 3 is 3.06 bits per heavy atom.